The lowest BCUT2D eigenvalue weighted by Crippen LogP contribution is -2.27. The summed E-state index contributed by atoms with van der Waals surface area (Å²) in [5.74, 6) is -0.787. The van der Waals surface area contributed by atoms with E-state index >= 15 is 0 Å². The molecule has 0 aliphatic heterocycles. The smallest absolute Gasteiger partial charge is 0.422 e. The minimum Gasteiger partial charge on any atom is -0.484 e. The van der Waals surface area contributed by atoms with Gasteiger partial charge in [0.25, 0.3) is 11.5 Å². The standard InChI is InChI=1S/C16H13ClF3N7O3/c1-26-14(29)10(8-3-5-9(6-4-8)30-7-16(18,19)20)11(17)12(23-26)13(28)21-15-22-24-25-27(15)2/h3-6H,7H2,1-2H3,(H,21,22,25,28). The van der Waals surface area contributed by atoms with Gasteiger partial charge in [0.2, 0.25) is 5.95 Å². The lowest BCUT2D eigenvalue weighted by molar-refractivity contribution is -0.153. The summed E-state index contributed by atoms with van der Waals surface area (Å²) in [4.78, 5) is 25.1. The summed E-state index contributed by atoms with van der Waals surface area (Å²) in [6.07, 6.45) is -4.48. The van der Waals surface area contributed by atoms with Gasteiger partial charge < -0.3 is 4.74 Å². The first kappa shape index (κ1) is 21.2. The molecule has 0 radical (unpaired) electrons. The Morgan fingerprint density at radius 1 is 1.20 bits per heavy atom. The second-order valence-corrected chi connectivity index (χ2v) is 6.35. The number of aryl methyl sites for hydroxylation is 2. The van der Waals surface area contributed by atoms with Gasteiger partial charge in [-0.25, -0.2) is 9.36 Å². The number of ether oxygens (including phenoxy) is 1. The van der Waals surface area contributed by atoms with Crippen LogP contribution in [0.15, 0.2) is 29.1 Å². The van der Waals surface area contributed by atoms with E-state index in [9.17, 15) is 22.8 Å². The topological polar surface area (TPSA) is 117 Å². The van der Waals surface area contributed by atoms with Crippen LogP contribution in [-0.4, -0.2) is 48.7 Å². The summed E-state index contributed by atoms with van der Waals surface area (Å²) < 4.78 is 43.6. The van der Waals surface area contributed by atoms with E-state index in [0.29, 0.717) is 0 Å². The maximum atomic E-state index is 12.6. The number of aromatic nitrogens is 6. The van der Waals surface area contributed by atoms with Crippen LogP contribution in [0.25, 0.3) is 11.1 Å². The van der Waals surface area contributed by atoms with E-state index < -0.39 is 24.2 Å². The Balaban J connectivity index is 1.94. The molecule has 158 valence electrons. The van der Waals surface area contributed by atoms with Crippen LogP contribution >= 0.6 is 11.6 Å². The van der Waals surface area contributed by atoms with Crippen LogP contribution in [-0.2, 0) is 14.1 Å². The van der Waals surface area contributed by atoms with Crippen molar-refractivity contribution in [2.24, 2.45) is 14.1 Å². The van der Waals surface area contributed by atoms with E-state index in [1.54, 1.807) is 0 Å². The zero-order valence-corrected chi connectivity index (χ0v) is 16.2. The van der Waals surface area contributed by atoms with Gasteiger partial charge in [-0.15, -0.1) is 0 Å². The second kappa shape index (κ2) is 8.10. The summed E-state index contributed by atoms with van der Waals surface area (Å²) in [5.41, 5.74) is -0.676. The number of tetrazole rings is 1. The van der Waals surface area contributed by atoms with Gasteiger partial charge in [0.15, 0.2) is 12.3 Å². The highest BCUT2D eigenvalue weighted by molar-refractivity contribution is 6.36. The summed E-state index contributed by atoms with van der Waals surface area (Å²) in [7, 11) is 2.82. The third-order valence-electron chi connectivity index (χ3n) is 3.79. The van der Waals surface area contributed by atoms with E-state index in [-0.39, 0.29) is 33.5 Å². The number of anilines is 1. The molecule has 2 heterocycles. The average molecular weight is 444 g/mol. The van der Waals surface area contributed by atoms with Gasteiger partial charge in [-0.05, 0) is 28.1 Å². The fourth-order valence-electron chi connectivity index (χ4n) is 2.39. The normalized spacial score (nSPS) is 11.4. The van der Waals surface area contributed by atoms with Crippen molar-refractivity contribution in [3.8, 4) is 16.9 Å². The molecule has 0 aliphatic carbocycles. The quantitative estimate of drug-likeness (QED) is 0.639. The molecule has 1 N–H and O–H groups in total. The molecule has 2 aromatic heterocycles. The molecule has 1 amide bonds. The summed E-state index contributed by atoms with van der Waals surface area (Å²) in [6.45, 7) is -1.45. The molecule has 3 rings (SSSR count). The molecule has 0 saturated carbocycles. The Morgan fingerprint density at radius 3 is 2.43 bits per heavy atom. The first-order valence-corrected chi connectivity index (χ1v) is 8.55. The molecule has 0 atom stereocenters. The zero-order valence-electron chi connectivity index (χ0n) is 15.4. The molecule has 0 aliphatic rings. The number of benzene rings is 1. The fraction of sp³-hybridized carbons (Fsp3) is 0.250. The molecule has 0 spiro atoms. The lowest BCUT2D eigenvalue weighted by atomic mass is 10.1. The van der Waals surface area contributed by atoms with Gasteiger partial charge in [0.1, 0.15) is 5.75 Å². The van der Waals surface area contributed by atoms with Gasteiger partial charge in [0.05, 0.1) is 10.6 Å². The first-order valence-electron chi connectivity index (χ1n) is 8.17. The Labute approximate surface area is 171 Å². The number of halogens is 4. The number of rotatable bonds is 5. The SMILES string of the molecule is Cn1nnnc1NC(=O)c1nn(C)c(=O)c(-c2ccc(OCC(F)(F)F)cc2)c1Cl. The highest BCUT2D eigenvalue weighted by Gasteiger charge is 2.28. The van der Waals surface area contributed by atoms with Crippen molar-refractivity contribution < 1.29 is 22.7 Å². The van der Waals surface area contributed by atoms with Crippen molar-refractivity contribution in [3.05, 3.63) is 45.3 Å². The first-order chi connectivity index (χ1) is 14.1. The van der Waals surface area contributed by atoms with E-state index in [0.717, 1.165) is 4.68 Å². The van der Waals surface area contributed by atoms with Crippen molar-refractivity contribution in [2.45, 2.75) is 6.18 Å². The predicted molar refractivity (Wildman–Crippen MR) is 98.2 cm³/mol. The number of nitrogens with one attached hydrogen (secondary N) is 1. The number of hydrogen-bond donors (Lipinski definition) is 1. The van der Waals surface area contributed by atoms with Crippen molar-refractivity contribution >= 4 is 23.5 Å². The monoisotopic (exact) mass is 443 g/mol. The average Bonchev–Trinajstić information content (AvgIpc) is 3.08. The molecule has 10 nitrogen and oxygen atoms in total. The van der Waals surface area contributed by atoms with Crippen LogP contribution in [0.4, 0.5) is 19.1 Å². The van der Waals surface area contributed by atoms with E-state index in [4.69, 9.17) is 11.6 Å². The molecule has 0 bridgehead atoms. The van der Waals surface area contributed by atoms with Gasteiger partial charge >= 0.3 is 6.18 Å². The number of hydrogen-bond acceptors (Lipinski definition) is 7. The number of amides is 1. The maximum absolute atomic E-state index is 12.6. The molecule has 0 fully saturated rings. The van der Waals surface area contributed by atoms with Crippen LogP contribution in [0.1, 0.15) is 10.5 Å². The number of nitrogens with zero attached hydrogens (tertiary/aromatic N) is 6. The molecule has 1 aromatic carbocycles. The van der Waals surface area contributed by atoms with Gasteiger partial charge in [-0.3, -0.25) is 14.9 Å². The molecular weight excluding hydrogens is 431 g/mol. The van der Waals surface area contributed by atoms with Crippen molar-refractivity contribution in [3.63, 3.8) is 0 Å². The number of carbonyl (C=O) groups is 1. The van der Waals surface area contributed by atoms with Crippen LogP contribution in [0.3, 0.4) is 0 Å². The lowest BCUT2D eigenvalue weighted by Gasteiger charge is -2.12. The van der Waals surface area contributed by atoms with Crippen molar-refractivity contribution in [1.82, 2.24) is 30.0 Å². The zero-order chi connectivity index (χ0) is 22.1. The number of alkyl halides is 3. The molecule has 14 heteroatoms. The minimum atomic E-state index is -4.48. The fourth-order valence-corrected chi connectivity index (χ4v) is 2.70. The molecular formula is C16H13ClF3N7O3. The maximum Gasteiger partial charge on any atom is 0.422 e. The van der Waals surface area contributed by atoms with Crippen LogP contribution < -0.4 is 15.6 Å². The van der Waals surface area contributed by atoms with Gasteiger partial charge in [-0.2, -0.15) is 18.3 Å². The molecule has 0 unspecified atom stereocenters. The van der Waals surface area contributed by atoms with Crippen LogP contribution in [0.2, 0.25) is 5.02 Å². The third kappa shape index (κ3) is 4.56. The minimum absolute atomic E-state index is 0.0273. The highest BCUT2D eigenvalue weighted by atomic mass is 35.5. The molecule has 0 saturated heterocycles. The van der Waals surface area contributed by atoms with Crippen molar-refractivity contribution in [2.75, 3.05) is 11.9 Å². The molecule has 3 aromatic rings. The Bertz CT molecular complexity index is 1140. The largest absolute Gasteiger partial charge is 0.484 e. The van der Waals surface area contributed by atoms with Crippen LogP contribution in [0, 0.1) is 0 Å². The summed E-state index contributed by atoms with van der Waals surface area (Å²) in [6, 6.07) is 5.20. The second-order valence-electron chi connectivity index (χ2n) is 5.97. The van der Waals surface area contributed by atoms with Gasteiger partial charge in [0, 0.05) is 14.1 Å². The highest BCUT2D eigenvalue weighted by Crippen LogP contribution is 2.29. The third-order valence-corrected chi connectivity index (χ3v) is 4.16. The van der Waals surface area contributed by atoms with E-state index in [2.05, 4.69) is 30.7 Å². The van der Waals surface area contributed by atoms with Crippen LogP contribution in [0.5, 0.6) is 5.75 Å². The Kier molecular flexibility index (Phi) is 5.73. The predicted octanol–water partition coefficient (Wildman–Crippen LogP) is 1.82. The number of carbonyl (C=O) groups excluding carboxylic acids is 1. The van der Waals surface area contributed by atoms with Gasteiger partial charge in [-0.1, -0.05) is 28.8 Å². The van der Waals surface area contributed by atoms with Crippen molar-refractivity contribution in [1.29, 1.82) is 0 Å². The Hall–Kier alpha value is -3.48. The molecule has 30 heavy (non-hydrogen) atoms. The van der Waals surface area contributed by atoms with E-state index in [1.807, 2.05) is 0 Å². The summed E-state index contributed by atoms with van der Waals surface area (Å²) >= 11 is 6.28. The Morgan fingerprint density at radius 2 is 1.87 bits per heavy atom. The van der Waals surface area contributed by atoms with E-state index in [1.165, 1.54) is 43.0 Å². The summed E-state index contributed by atoms with van der Waals surface area (Å²) in [5, 5.41) is 16.6.